The van der Waals surface area contributed by atoms with Crippen LogP contribution in [0.3, 0.4) is 0 Å². The molecule has 0 bridgehead atoms. The standard InChI is InChI=1S/C8H7ClIN3/c1-4(9)8-12-6-3-11-2-5(10)7(6)13-8/h2-4H,1H3,(H,12,13). The third kappa shape index (κ3) is 1.65. The molecule has 0 aliphatic rings. The first-order valence-electron chi connectivity index (χ1n) is 3.81. The van der Waals surface area contributed by atoms with Gasteiger partial charge in [0.05, 0.1) is 20.7 Å². The number of nitrogens with zero attached hydrogens (tertiary/aromatic N) is 2. The fourth-order valence-corrected chi connectivity index (χ4v) is 1.78. The molecule has 0 aliphatic heterocycles. The van der Waals surface area contributed by atoms with Gasteiger partial charge < -0.3 is 4.98 Å². The number of fused-ring (bicyclic) bond motifs is 1. The van der Waals surface area contributed by atoms with E-state index in [1.165, 1.54) is 0 Å². The predicted molar refractivity (Wildman–Crippen MR) is 60.9 cm³/mol. The van der Waals surface area contributed by atoms with Crippen molar-refractivity contribution in [2.24, 2.45) is 0 Å². The number of alkyl halides is 1. The number of aromatic nitrogens is 3. The van der Waals surface area contributed by atoms with E-state index >= 15 is 0 Å². The number of nitrogens with one attached hydrogen (secondary N) is 1. The Morgan fingerprint density at radius 3 is 2.92 bits per heavy atom. The van der Waals surface area contributed by atoms with Crippen LogP contribution in [0.5, 0.6) is 0 Å². The smallest absolute Gasteiger partial charge is 0.125 e. The van der Waals surface area contributed by atoms with Gasteiger partial charge in [0.15, 0.2) is 0 Å². The zero-order valence-corrected chi connectivity index (χ0v) is 9.80. The van der Waals surface area contributed by atoms with Crippen LogP contribution in [0.25, 0.3) is 11.0 Å². The highest BCUT2D eigenvalue weighted by Gasteiger charge is 2.09. The minimum Gasteiger partial charge on any atom is -0.339 e. The van der Waals surface area contributed by atoms with Crippen molar-refractivity contribution < 1.29 is 0 Å². The first-order chi connectivity index (χ1) is 6.18. The van der Waals surface area contributed by atoms with E-state index in [1.54, 1.807) is 12.4 Å². The summed E-state index contributed by atoms with van der Waals surface area (Å²) in [6.07, 6.45) is 3.54. The number of pyridine rings is 1. The summed E-state index contributed by atoms with van der Waals surface area (Å²) in [5.74, 6) is 0.794. The zero-order chi connectivity index (χ0) is 9.42. The minimum atomic E-state index is -0.0943. The van der Waals surface area contributed by atoms with E-state index in [1.807, 2.05) is 6.92 Å². The van der Waals surface area contributed by atoms with Crippen LogP contribution in [0.1, 0.15) is 18.1 Å². The molecule has 3 nitrogen and oxygen atoms in total. The Bertz CT molecular complexity index is 438. The van der Waals surface area contributed by atoms with Crippen molar-refractivity contribution in [1.29, 1.82) is 0 Å². The monoisotopic (exact) mass is 307 g/mol. The van der Waals surface area contributed by atoms with Gasteiger partial charge in [0.2, 0.25) is 0 Å². The lowest BCUT2D eigenvalue weighted by Gasteiger charge is -1.93. The summed E-state index contributed by atoms with van der Waals surface area (Å²) in [7, 11) is 0. The SMILES string of the molecule is CC(Cl)c1nc2c(I)cncc2[nH]1. The molecule has 2 aromatic heterocycles. The van der Waals surface area contributed by atoms with Crippen molar-refractivity contribution in [1.82, 2.24) is 15.0 Å². The highest BCUT2D eigenvalue weighted by molar-refractivity contribution is 14.1. The van der Waals surface area contributed by atoms with Crippen LogP contribution >= 0.6 is 34.2 Å². The average Bonchev–Trinajstić information content (AvgIpc) is 2.49. The Morgan fingerprint density at radius 2 is 2.31 bits per heavy atom. The van der Waals surface area contributed by atoms with Crippen molar-refractivity contribution in [2.75, 3.05) is 0 Å². The first kappa shape index (κ1) is 9.21. The molecule has 5 heteroatoms. The number of halogens is 2. The molecular weight excluding hydrogens is 300 g/mol. The number of rotatable bonds is 1. The topological polar surface area (TPSA) is 41.6 Å². The molecule has 2 aromatic rings. The molecule has 1 unspecified atom stereocenters. The minimum absolute atomic E-state index is 0.0943. The van der Waals surface area contributed by atoms with E-state index < -0.39 is 0 Å². The summed E-state index contributed by atoms with van der Waals surface area (Å²) >= 11 is 8.12. The van der Waals surface area contributed by atoms with Crippen LogP contribution in [0, 0.1) is 3.57 Å². The van der Waals surface area contributed by atoms with E-state index in [4.69, 9.17) is 11.6 Å². The van der Waals surface area contributed by atoms with Crippen LogP contribution < -0.4 is 0 Å². The van der Waals surface area contributed by atoms with Gasteiger partial charge in [-0.3, -0.25) is 4.98 Å². The van der Waals surface area contributed by atoms with Crippen LogP contribution in [0.15, 0.2) is 12.4 Å². The Balaban J connectivity index is 2.68. The van der Waals surface area contributed by atoms with Crippen LogP contribution in [-0.4, -0.2) is 15.0 Å². The molecule has 13 heavy (non-hydrogen) atoms. The molecular formula is C8H7ClIN3. The molecule has 0 aliphatic carbocycles. The fraction of sp³-hybridized carbons (Fsp3) is 0.250. The van der Waals surface area contributed by atoms with Gasteiger partial charge in [0.25, 0.3) is 0 Å². The molecule has 0 saturated carbocycles. The Labute approximate surface area is 94.1 Å². The summed E-state index contributed by atoms with van der Waals surface area (Å²) in [4.78, 5) is 11.6. The Hall–Kier alpha value is -0.360. The lowest BCUT2D eigenvalue weighted by molar-refractivity contribution is 0.962. The first-order valence-corrected chi connectivity index (χ1v) is 5.33. The maximum atomic E-state index is 5.91. The molecule has 0 amide bonds. The molecule has 0 fully saturated rings. The molecule has 0 saturated heterocycles. The highest BCUT2D eigenvalue weighted by Crippen LogP contribution is 2.22. The van der Waals surface area contributed by atoms with E-state index in [0.717, 1.165) is 20.4 Å². The Morgan fingerprint density at radius 1 is 1.54 bits per heavy atom. The molecule has 68 valence electrons. The molecule has 1 atom stereocenters. The number of imidazole rings is 1. The molecule has 1 N–H and O–H groups in total. The van der Waals surface area contributed by atoms with Crippen molar-refractivity contribution in [2.45, 2.75) is 12.3 Å². The second-order valence-electron chi connectivity index (χ2n) is 2.76. The molecule has 0 spiro atoms. The van der Waals surface area contributed by atoms with Crippen molar-refractivity contribution in [3.05, 3.63) is 21.8 Å². The normalized spacial score (nSPS) is 13.5. The van der Waals surface area contributed by atoms with Crippen molar-refractivity contribution in [3.8, 4) is 0 Å². The van der Waals surface area contributed by atoms with Crippen molar-refractivity contribution >= 4 is 45.2 Å². The summed E-state index contributed by atoms with van der Waals surface area (Å²) in [5, 5.41) is -0.0943. The second-order valence-corrected chi connectivity index (χ2v) is 4.57. The van der Waals surface area contributed by atoms with Crippen LogP contribution in [0.2, 0.25) is 0 Å². The molecule has 0 radical (unpaired) electrons. The average molecular weight is 308 g/mol. The quantitative estimate of drug-likeness (QED) is 0.650. The van der Waals surface area contributed by atoms with Gasteiger partial charge in [-0.2, -0.15) is 0 Å². The Kier molecular flexibility index (Phi) is 2.42. The lowest BCUT2D eigenvalue weighted by atomic mass is 10.4. The van der Waals surface area contributed by atoms with Gasteiger partial charge in [-0.05, 0) is 29.5 Å². The van der Waals surface area contributed by atoms with E-state index in [-0.39, 0.29) is 5.38 Å². The predicted octanol–water partition coefficient (Wildman–Crippen LogP) is 2.86. The van der Waals surface area contributed by atoms with Gasteiger partial charge >= 0.3 is 0 Å². The fourth-order valence-electron chi connectivity index (χ4n) is 1.11. The lowest BCUT2D eigenvalue weighted by Crippen LogP contribution is -1.85. The van der Waals surface area contributed by atoms with Gasteiger partial charge in [-0.25, -0.2) is 4.98 Å². The largest absolute Gasteiger partial charge is 0.339 e. The maximum Gasteiger partial charge on any atom is 0.125 e. The van der Waals surface area contributed by atoms with Crippen molar-refractivity contribution in [3.63, 3.8) is 0 Å². The van der Waals surface area contributed by atoms with Gasteiger partial charge in [0.1, 0.15) is 11.3 Å². The third-order valence-corrected chi connectivity index (χ3v) is 2.74. The van der Waals surface area contributed by atoms with Gasteiger partial charge in [-0.1, -0.05) is 0 Å². The second kappa shape index (κ2) is 3.42. The van der Waals surface area contributed by atoms with E-state index in [9.17, 15) is 0 Å². The molecule has 2 heterocycles. The summed E-state index contributed by atoms with van der Waals surface area (Å²) in [6.45, 7) is 1.89. The van der Waals surface area contributed by atoms with Crippen LogP contribution in [-0.2, 0) is 0 Å². The molecule has 0 aromatic carbocycles. The summed E-state index contributed by atoms with van der Waals surface area (Å²) < 4.78 is 1.04. The maximum absolute atomic E-state index is 5.91. The number of aromatic amines is 1. The zero-order valence-electron chi connectivity index (χ0n) is 6.88. The number of hydrogen-bond donors (Lipinski definition) is 1. The highest BCUT2D eigenvalue weighted by atomic mass is 127. The van der Waals surface area contributed by atoms with E-state index in [0.29, 0.717) is 0 Å². The number of hydrogen-bond acceptors (Lipinski definition) is 2. The van der Waals surface area contributed by atoms with E-state index in [2.05, 4.69) is 37.5 Å². The molecule has 2 rings (SSSR count). The summed E-state index contributed by atoms with van der Waals surface area (Å²) in [6, 6.07) is 0. The number of H-pyrrole nitrogens is 1. The summed E-state index contributed by atoms with van der Waals surface area (Å²) in [5.41, 5.74) is 1.88. The third-order valence-electron chi connectivity index (χ3n) is 1.74. The van der Waals surface area contributed by atoms with Crippen LogP contribution in [0.4, 0.5) is 0 Å². The van der Waals surface area contributed by atoms with Gasteiger partial charge in [0, 0.05) is 6.20 Å². The van der Waals surface area contributed by atoms with Gasteiger partial charge in [-0.15, -0.1) is 11.6 Å².